The third kappa shape index (κ3) is 3.20. The molecule has 112 valence electrons. The van der Waals surface area contributed by atoms with Crippen LogP contribution in [0.4, 0.5) is 4.39 Å². The number of aromatic nitrogens is 1. The van der Waals surface area contributed by atoms with Crippen molar-refractivity contribution >= 4 is 27.3 Å². The number of aryl methyl sites for hydroxylation is 1. The van der Waals surface area contributed by atoms with Crippen LogP contribution in [0.5, 0.6) is 0 Å². The topological polar surface area (TPSA) is 24.9 Å². The molecule has 0 saturated heterocycles. The fourth-order valence-electron chi connectivity index (χ4n) is 2.71. The molecule has 1 aliphatic carbocycles. The molecule has 0 spiro atoms. The molecule has 1 heterocycles. The van der Waals surface area contributed by atoms with Crippen LogP contribution in [0.3, 0.4) is 0 Å². The Morgan fingerprint density at radius 2 is 2.33 bits per heavy atom. The molecular weight excluding hydrogens is 351 g/mol. The molecule has 1 aromatic carbocycles. The minimum Gasteiger partial charge on any atom is -0.309 e. The minimum atomic E-state index is -0.227. The first-order valence-electron chi connectivity index (χ1n) is 7.37. The van der Waals surface area contributed by atoms with E-state index in [-0.39, 0.29) is 5.82 Å². The van der Waals surface area contributed by atoms with Crippen molar-refractivity contribution in [1.29, 1.82) is 0 Å². The fraction of sp³-hybridized carbons (Fsp3) is 0.438. The third-order valence-electron chi connectivity index (χ3n) is 3.76. The van der Waals surface area contributed by atoms with Gasteiger partial charge >= 0.3 is 0 Å². The van der Waals surface area contributed by atoms with Gasteiger partial charge in [-0.3, -0.25) is 0 Å². The van der Waals surface area contributed by atoms with Crippen molar-refractivity contribution in [2.24, 2.45) is 0 Å². The van der Waals surface area contributed by atoms with Crippen molar-refractivity contribution in [2.75, 3.05) is 6.54 Å². The Morgan fingerprint density at radius 3 is 3.10 bits per heavy atom. The van der Waals surface area contributed by atoms with Gasteiger partial charge in [0, 0.05) is 14.9 Å². The summed E-state index contributed by atoms with van der Waals surface area (Å²) in [6, 6.07) is 5.17. The Hall–Kier alpha value is -0.780. The first kappa shape index (κ1) is 15.1. The Balaban J connectivity index is 1.94. The summed E-state index contributed by atoms with van der Waals surface area (Å²) in [6.45, 7) is 3.20. The molecule has 2 aromatic rings. The van der Waals surface area contributed by atoms with Crippen molar-refractivity contribution < 1.29 is 4.39 Å². The summed E-state index contributed by atoms with van der Waals surface area (Å²) in [6.07, 6.45) is 4.60. The van der Waals surface area contributed by atoms with Gasteiger partial charge in [0.2, 0.25) is 0 Å². The Kier molecular flexibility index (Phi) is 4.72. The second kappa shape index (κ2) is 6.55. The summed E-state index contributed by atoms with van der Waals surface area (Å²) in [4.78, 5) is 6.23. The molecule has 0 aliphatic heterocycles. The van der Waals surface area contributed by atoms with E-state index in [1.54, 1.807) is 17.4 Å². The molecule has 0 bridgehead atoms. The molecule has 1 unspecified atom stereocenters. The molecule has 0 fully saturated rings. The number of benzene rings is 1. The van der Waals surface area contributed by atoms with Gasteiger partial charge in [0.15, 0.2) is 0 Å². The van der Waals surface area contributed by atoms with E-state index in [1.165, 1.54) is 29.1 Å². The van der Waals surface area contributed by atoms with Crippen molar-refractivity contribution in [3.63, 3.8) is 0 Å². The molecule has 2 nitrogen and oxygen atoms in total. The quantitative estimate of drug-likeness (QED) is 0.812. The molecule has 21 heavy (non-hydrogen) atoms. The van der Waals surface area contributed by atoms with E-state index in [0.29, 0.717) is 6.04 Å². The Labute approximate surface area is 136 Å². The second-order valence-corrected chi connectivity index (χ2v) is 7.29. The molecule has 1 N–H and O–H groups in total. The highest BCUT2D eigenvalue weighted by Crippen LogP contribution is 2.39. The first-order chi connectivity index (χ1) is 10.2. The first-order valence-corrected chi connectivity index (χ1v) is 8.98. The van der Waals surface area contributed by atoms with Gasteiger partial charge in [-0.05, 0) is 66.4 Å². The van der Waals surface area contributed by atoms with Gasteiger partial charge in [-0.2, -0.15) is 0 Å². The van der Waals surface area contributed by atoms with E-state index in [4.69, 9.17) is 4.98 Å². The monoisotopic (exact) mass is 368 g/mol. The van der Waals surface area contributed by atoms with Crippen LogP contribution in [0.15, 0.2) is 22.7 Å². The number of halogens is 2. The van der Waals surface area contributed by atoms with Crippen LogP contribution >= 0.6 is 27.3 Å². The summed E-state index contributed by atoms with van der Waals surface area (Å²) in [5.41, 5.74) is 2.18. The minimum absolute atomic E-state index is 0.227. The van der Waals surface area contributed by atoms with Gasteiger partial charge in [-0.25, -0.2) is 9.37 Å². The predicted molar refractivity (Wildman–Crippen MR) is 89.2 cm³/mol. The van der Waals surface area contributed by atoms with E-state index >= 15 is 0 Å². The smallest absolute Gasteiger partial charge is 0.125 e. The van der Waals surface area contributed by atoms with Crippen LogP contribution in [0.25, 0.3) is 10.6 Å². The number of rotatable bonds is 4. The molecule has 1 aliphatic rings. The molecule has 0 radical (unpaired) electrons. The van der Waals surface area contributed by atoms with E-state index in [9.17, 15) is 4.39 Å². The molecular formula is C16H18BrFN2S. The zero-order chi connectivity index (χ0) is 14.8. The van der Waals surface area contributed by atoms with Crippen LogP contribution in [-0.2, 0) is 6.42 Å². The van der Waals surface area contributed by atoms with Crippen molar-refractivity contribution in [3.05, 3.63) is 39.1 Å². The zero-order valence-corrected chi connectivity index (χ0v) is 14.4. The summed E-state index contributed by atoms with van der Waals surface area (Å²) >= 11 is 5.19. The van der Waals surface area contributed by atoms with Gasteiger partial charge in [-0.1, -0.05) is 6.92 Å². The normalized spacial score (nSPS) is 17.8. The maximum Gasteiger partial charge on any atom is 0.125 e. The number of fused-ring (bicyclic) bond motifs is 1. The van der Waals surface area contributed by atoms with Crippen LogP contribution in [0, 0.1) is 5.82 Å². The zero-order valence-electron chi connectivity index (χ0n) is 12.0. The molecule has 0 amide bonds. The van der Waals surface area contributed by atoms with Crippen LogP contribution in [-0.4, -0.2) is 11.5 Å². The van der Waals surface area contributed by atoms with E-state index in [1.807, 2.05) is 0 Å². The summed E-state index contributed by atoms with van der Waals surface area (Å²) in [7, 11) is 0. The molecule has 1 atom stereocenters. The second-order valence-electron chi connectivity index (χ2n) is 5.35. The molecule has 0 saturated carbocycles. The maximum atomic E-state index is 13.2. The van der Waals surface area contributed by atoms with Crippen molar-refractivity contribution in [2.45, 2.75) is 38.6 Å². The Bertz CT molecular complexity index is 641. The lowest BCUT2D eigenvalue weighted by Crippen LogP contribution is -2.25. The average molecular weight is 369 g/mol. The van der Waals surface area contributed by atoms with E-state index in [0.717, 1.165) is 40.9 Å². The lowest BCUT2D eigenvalue weighted by atomic mass is 9.97. The standard InChI is InChI=1S/C16H18BrFN2S/c1-2-8-19-13-4-3-5-14-15(13)20-16(21-14)11-7-6-10(18)9-12(11)17/h6-7,9,13,19H,2-5,8H2,1H3. The van der Waals surface area contributed by atoms with Crippen molar-refractivity contribution in [1.82, 2.24) is 10.3 Å². The molecule has 5 heteroatoms. The summed E-state index contributed by atoms with van der Waals surface area (Å²) in [5.74, 6) is -0.227. The van der Waals surface area contributed by atoms with Gasteiger partial charge in [-0.15, -0.1) is 11.3 Å². The molecule has 3 rings (SSSR count). The fourth-order valence-corrected chi connectivity index (χ4v) is 4.59. The SMILES string of the molecule is CCCNC1CCCc2sc(-c3ccc(F)cc3Br)nc21. The van der Waals surface area contributed by atoms with Gasteiger partial charge in [0.1, 0.15) is 10.8 Å². The lowest BCUT2D eigenvalue weighted by Gasteiger charge is -2.22. The van der Waals surface area contributed by atoms with Gasteiger partial charge in [0.25, 0.3) is 0 Å². The molecule has 1 aromatic heterocycles. The maximum absolute atomic E-state index is 13.2. The van der Waals surface area contributed by atoms with Crippen molar-refractivity contribution in [3.8, 4) is 10.6 Å². The number of nitrogens with one attached hydrogen (secondary N) is 1. The van der Waals surface area contributed by atoms with E-state index < -0.39 is 0 Å². The van der Waals surface area contributed by atoms with Crippen LogP contribution in [0.1, 0.15) is 42.8 Å². The van der Waals surface area contributed by atoms with Crippen LogP contribution in [0.2, 0.25) is 0 Å². The Morgan fingerprint density at radius 1 is 1.48 bits per heavy atom. The number of thiazole rings is 1. The predicted octanol–water partition coefficient (Wildman–Crippen LogP) is 5.09. The summed E-state index contributed by atoms with van der Waals surface area (Å²) < 4.78 is 14.0. The average Bonchev–Trinajstić information content (AvgIpc) is 2.89. The van der Waals surface area contributed by atoms with Gasteiger partial charge in [0.05, 0.1) is 11.7 Å². The highest BCUT2D eigenvalue weighted by atomic mass is 79.9. The van der Waals surface area contributed by atoms with E-state index in [2.05, 4.69) is 28.2 Å². The van der Waals surface area contributed by atoms with Crippen LogP contribution < -0.4 is 5.32 Å². The number of hydrogen-bond donors (Lipinski definition) is 1. The number of hydrogen-bond acceptors (Lipinski definition) is 3. The highest BCUT2D eigenvalue weighted by molar-refractivity contribution is 9.10. The highest BCUT2D eigenvalue weighted by Gasteiger charge is 2.25. The number of nitrogens with zero attached hydrogens (tertiary/aromatic N) is 1. The largest absolute Gasteiger partial charge is 0.309 e. The van der Waals surface area contributed by atoms with Gasteiger partial charge < -0.3 is 5.32 Å². The lowest BCUT2D eigenvalue weighted by molar-refractivity contribution is 0.454. The summed E-state index contributed by atoms with van der Waals surface area (Å²) in [5, 5.41) is 4.57. The third-order valence-corrected chi connectivity index (χ3v) is 5.58.